The van der Waals surface area contributed by atoms with Gasteiger partial charge in [0.05, 0.1) is 10.6 Å². The lowest BCUT2D eigenvalue weighted by Crippen LogP contribution is -2.27. The van der Waals surface area contributed by atoms with Crippen molar-refractivity contribution < 1.29 is 9.59 Å². The number of para-hydroxylation sites is 1. The summed E-state index contributed by atoms with van der Waals surface area (Å²) >= 11 is 3.26. The Morgan fingerprint density at radius 2 is 1.92 bits per heavy atom. The summed E-state index contributed by atoms with van der Waals surface area (Å²) in [7, 11) is 0. The van der Waals surface area contributed by atoms with E-state index in [0.717, 1.165) is 10.6 Å². The lowest BCUT2D eigenvalue weighted by molar-refractivity contribution is -0.116. The van der Waals surface area contributed by atoms with Crippen LogP contribution in [0.1, 0.15) is 41.8 Å². The van der Waals surface area contributed by atoms with E-state index in [2.05, 4.69) is 16.7 Å². The summed E-state index contributed by atoms with van der Waals surface area (Å²) in [6.07, 6.45) is 5.37. The maximum atomic E-state index is 12.2. The van der Waals surface area contributed by atoms with E-state index in [9.17, 15) is 9.59 Å². The zero-order chi connectivity index (χ0) is 17.5. The second kappa shape index (κ2) is 9.06. The minimum absolute atomic E-state index is 0.0778. The number of nitrogens with one attached hydrogen (secondary N) is 2. The highest BCUT2D eigenvalue weighted by Gasteiger charge is 2.18. The van der Waals surface area contributed by atoms with Crippen molar-refractivity contribution in [3.63, 3.8) is 0 Å². The standard InChI is InChI=1S/C19H22N2O2S2/c22-18(11-12-20-19(23)17-10-5-13-24-17)21-15-8-3-4-9-16(15)25-14-6-1-2-7-14/h3-5,8-10,13-14H,1-2,6-7,11-12H2,(H,20,23)(H,21,22). The van der Waals surface area contributed by atoms with Gasteiger partial charge in [0.15, 0.2) is 0 Å². The van der Waals surface area contributed by atoms with Gasteiger partial charge in [0.1, 0.15) is 0 Å². The van der Waals surface area contributed by atoms with Gasteiger partial charge in [0.25, 0.3) is 5.91 Å². The highest BCUT2D eigenvalue weighted by molar-refractivity contribution is 8.00. The van der Waals surface area contributed by atoms with Crippen molar-refractivity contribution in [1.82, 2.24) is 5.32 Å². The molecule has 0 saturated heterocycles. The maximum absolute atomic E-state index is 12.2. The van der Waals surface area contributed by atoms with Crippen molar-refractivity contribution >= 4 is 40.6 Å². The van der Waals surface area contributed by atoms with Gasteiger partial charge in [-0.05, 0) is 36.4 Å². The molecular weight excluding hydrogens is 352 g/mol. The van der Waals surface area contributed by atoms with Gasteiger partial charge in [0.2, 0.25) is 5.91 Å². The van der Waals surface area contributed by atoms with E-state index >= 15 is 0 Å². The Morgan fingerprint density at radius 3 is 2.68 bits per heavy atom. The molecule has 4 nitrogen and oxygen atoms in total. The van der Waals surface area contributed by atoms with Gasteiger partial charge in [-0.3, -0.25) is 9.59 Å². The number of thiophene rings is 1. The molecule has 1 saturated carbocycles. The van der Waals surface area contributed by atoms with E-state index < -0.39 is 0 Å². The van der Waals surface area contributed by atoms with Crippen LogP contribution in [0.2, 0.25) is 0 Å². The molecule has 0 bridgehead atoms. The summed E-state index contributed by atoms with van der Waals surface area (Å²) in [5, 5.41) is 8.28. The van der Waals surface area contributed by atoms with E-state index in [4.69, 9.17) is 0 Å². The molecule has 0 spiro atoms. The van der Waals surface area contributed by atoms with Gasteiger partial charge in [-0.15, -0.1) is 23.1 Å². The average Bonchev–Trinajstić information content (AvgIpc) is 3.30. The third-order valence-electron chi connectivity index (χ3n) is 4.14. The highest BCUT2D eigenvalue weighted by Crippen LogP contribution is 2.37. The Balaban J connectivity index is 1.48. The topological polar surface area (TPSA) is 58.2 Å². The number of thioether (sulfide) groups is 1. The SMILES string of the molecule is O=C(CCNC(=O)c1cccs1)Nc1ccccc1SC1CCCC1. The molecule has 3 rings (SSSR count). The summed E-state index contributed by atoms with van der Waals surface area (Å²) in [6, 6.07) is 11.6. The molecule has 2 aromatic rings. The number of benzene rings is 1. The summed E-state index contributed by atoms with van der Waals surface area (Å²) in [4.78, 5) is 25.9. The molecular formula is C19H22N2O2S2. The number of amides is 2. The van der Waals surface area contributed by atoms with Crippen molar-refractivity contribution in [3.8, 4) is 0 Å². The minimum atomic E-state index is -0.125. The van der Waals surface area contributed by atoms with Gasteiger partial charge in [-0.1, -0.05) is 31.0 Å². The molecule has 1 aliphatic rings. The second-order valence-corrected chi connectivity index (χ2v) is 8.34. The lowest BCUT2D eigenvalue weighted by Gasteiger charge is -2.14. The minimum Gasteiger partial charge on any atom is -0.351 e. The van der Waals surface area contributed by atoms with E-state index in [1.54, 1.807) is 6.07 Å². The normalized spacial score (nSPS) is 14.4. The molecule has 0 aliphatic heterocycles. The predicted octanol–water partition coefficient (Wildman–Crippen LogP) is 4.54. The van der Waals surface area contributed by atoms with E-state index in [0.29, 0.717) is 16.7 Å². The Labute approximate surface area is 156 Å². The number of rotatable bonds is 7. The molecule has 2 N–H and O–H groups in total. The Morgan fingerprint density at radius 1 is 1.12 bits per heavy atom. The van der Waals surface area contributed by atoms with E-state index in [-0.39, 0.29) is 18.2 Å². The first kappa shape index (κ1) is 18.0. The fourth-order valence-corrected chi connectivity index (χ4v) is 4.83. The van der Waals surface area contributed by atoms with Gasteiger partial charge in [0, 0.05) is 23.1 Å². The van der Waals surface area contributed by atoms with Gasteiger partial charge in [-0.2, -0.15) is 0 Å². The Kier molecular flexibility index (Phi) is 6.53. The van der Waals surface area contributed by atoms with Crippen molar-refractivity contribution in [2.75, 3.05) is 11.9 Å². The number of carbonyl (C=O) groups excluding carboxylic acids is 2. The fraction of sp³-hybridized carbons (Fsp3) is 0.368. The molecule has 1 aromatic carbocycles. The molecule has 0 atom stereocenters. The summed E-state index contributed by atoms with van der Waals surface area (Å²) in [6.45, 7) is 0.334. The van der Waals surface area contributed by atoms with Crippen molar-refractivity contribution in [3.05, 3.63) is 46.7 Å². The van der Waals surface area contributed by atoms with Crippen LogP contribution in [0.4, 0.5) is 5.69 Å². The average molecular weight is 375 g/mol. The molecule has 25 heavy (non-hydrogen) atoms. The zero-order valence-electron chi connectivity index (χ0n) is 14.0. The van der Waals surface area contributed by atoms with Crippen LogP contribution in [0, 0.1) is 0 Å². The van der Waals surface area contributed by atoms with Crippen LogP contribution in [0.5, 0.6) is 0 Å². The summed E-state index contributed by atoms with van der Waals surface area (Å²) in [5.41, 5.74) is 0.869. The van der Waals surface area contributed by atoms with E-state index in [1.807, 2.05) is 41.4 Å². The quantitative estimate of drug-likeness (QED) is 0.748. The molecule has 0 radical (unpaired) electrons. The lowest BCUT2D eigenvalue weighted by atomic mass is 10.3. The van der Waals surface area contributed by atoms with Crippen molar-refractivity contribution in [1.29, 1.82) is 0 Å². The molecule has 0 unspecified atom stereocenters. The Hall–Kier alpha value is -1.79. The monoisotopic (exact) mass is 374 g/mol. The van der Waals surface area contributed by atoms with Crippen molar-refractivity contribution in [2.24, 2.45) is 0 Å². The first-order valence-electron chi connectivity index (χ1n) is 8.59. The van der Waals surface area contributed by atoms with Crippen molar-refractivity contribution in [2.45, 2.75) is 42.2 Å². The van der Waals surface area contributed by atoms with Crippen LogP contribution in [-0.2, 0) is 4.79 Å². The smallest absolute Gasteiger partial charge is 0.261 e. The Bertz CT molecular complexity index is 710. The molecule has 1 heterocycles. The third kappa shape index (κ3) is 5.34. The van der Waals surface area contributed by atoms with Gasteiger partial charge >= 0.3 is 0 Å². The second-order valence-electron chi connectivity index (χ2n) is 6.05. The van der Waals surface area contributed by atoms with Crippen LogP contribution in [0.15, 0.2) is 46.7 Å². The van der Waals surface area contributed by atoms with Crippen LogP contribution >= 0.6 is 23.1 Å². The fourth-order valence-electron chi connectivity index (χ4n) is 2.86. The first-order chi connectivity index (χ1) is 12.2. The van der Waals surface area contributed by atoms with Crippen LogP contribution in [-0.4, -0.2) is 23.6 Å². The molecule has 2 amide bonds. The van der Waals surface area contributed by atoms with E-state index in [1.165, 1.54) is 37.0 Å². The summed E-state index contributed by atoms with van der Waals surface area (Å²) < 4.78 is 0. The molecule has 6 heteroatoms. The molecule has 1 aromatic heterocycles. The number of carbonyl (C=O) groups is 2. The molecule has 1 fully saturated rings. The number of hydrogen-bond donors (Lipinski definition) is 2. The van der Waals surface area contributed by atoms with Crippen LogP contribution in [0.25, 0.3) is 0 Å². The predicted molar refractivity (Wildman–Crippen MR) is 104 cm³/mol. The molecule has 132 valence electrons. The maximum Gasteiger partial charge on any atom is 0.261 e. The van der Waals surface area contributed by atoms with Gasteiger partial charge in [-0.25, -0.2) is 0 Å². The van der Waals surface area contributed by atoms with Gasteiger partial charge < -0.3 is 10.6 Å². The zero-order valence-corrected chi connectivity index (χ0v) is 15.6. The molecule has 1 aliphatic carbocycles. The van der Waals surface area contributed by atoms with Crippen LogP contribution in [0.3, 0.4) is 0 Å². The number of anilines is 1. The highest BCUT2D eigenvalue weighted by atomic mass is 32.2. The number of hydrogen-bond acceptors (Lipinski definition) is 4. The summed E-state index contributed by atoms with van der Waals surface area (Å²) in [5.74, 6) is -0.203. The first-order valence-corrected chi connectivity index (χ1v) is 10.4. The third-order valence-corrected chi connectivity index (χ3v) is 6.42. The largest absolute Gasteiger partial charge is 0.351 e. The van der Waals surface area contributed by atoms with Crippen LogP contribution < -0.4 is 10.6 Å².